The van der Waals surface area contributed by atoms with Crippen molar-refractivity contribution in [2.24, 2.45) is 0 Å². The van der Waals surface area contributed by atoms with Crippen molar-refractivity contribution >= 4 is 27.6 Å². The molecule has 2 atom stereocenters. The van der Waals surface area contributed by atoms with Gasteiger partial charge in [0.15, 0.2) is 0 Å². The van der Waals surface area contributed by atoms with E-state index in [4.69, 9.17) is 4.42 Å². The number of furan rings is 1. The normalized spacial score (nSPS) is 18.2. The van der Waals surface area contributed by atoms with Crippen molar-refractivity contribution in [1.82, 2.24) is 10.6 Å². The second kappa shape index (κ2) is 10.3. The van der Waals surface area contributed by atoms with E-state index < -0.39 is 0 Å². The van der Waals surface area contributed by atoms with Gasteiger partial charge in [0, 0.05) is 21.9 Å². The highest BCUT2D eigenvalue weighted by atomic mass is 16.3. The Kier molecular flexibility index (Phi) is 6.06. The largest absolute Gasteiger partial charge is 0.456 e. The molecule has 0 radical (unpaired) electrons. The molecule has 1 aliphatic heterocycles. The highest BCUT2D eigenvalue weighted by Gasteiger charge is 2.38. The molecular formula is C43H34N2O. The van der Waals surface area contributed by atoms with Gasteiger partial charge in [0.2, 0.25) is 0 Å². The monoisotopic (exact) mass is 594 g/mol. The first-order chi connectivity index (χ1) is 22.5. The summed E-state index contributed by atoms with van der Waals surface area (Å²) in [6.07, 6.45) is 2.26. The molecule has 3 heteroatoms. The molecule has 0 saturated carbocycles. The third-order valence-electron chi connectivity index (χ3n) is 9.95. The number of hydrogen-bond acceptors (Lipinski definition) is 3. The van der Waals surface area contributed by atoms with Crippen LogP contribution in [0.2, 0.25) is 0 Å². The lowest BCUT2D eigenvalue weighted by Crippen LogP contribution is -2.39. The number of para-hydroxylation sites is 1. The molecule has 2 N–H and O–H groups in total. The van der Waals surface area contributed by atoms with Crippen LogP contribution in [0.15, 0.2) is 150 Å². The molecule has 1 aliphatic carbocycles. The second-order valence-corrected chi connectivity index (χ2v) is 13.0. The summed E-state index contributed by atoms with van der Waals surface area (Å²) in [7, 11) is 0. The highest BCUT2D eigenvalue weighted by molar-refractivity contribution is 6.11. The van der Waals surface area contributed by atoms with E-state index in [1.807, 2.05) is 6.07 Å². The minimum atomic E-state index is -0.128. The molecule has 2 heterocycles. The van der Waals surface area contributed by atoms with Gasteiger partial charge in [0.25, 0.3) is 0 Å². The number of rotatable bonds is 4. The third kappa shape index (κ3) is 4.23. The molecule has 9 rings (SSSR count). The van der Waals surface area contributed by atoms with Crippen molar-refractivity contribution in [3.8, 4) is 22.3 Å². The Balaban J connectivity index is 1.07. The Morgan fingerprint density at radius 2 is 1.30 bits per heavy atom. The van der Waals surface area contributed by atoms with Gasteiger partial charge in [0.1, 0.15) is 17.3 Å². The Morgan fingerprint density at radius 1 is 0.587 bits per heavy atom. The predicted molar refractivity (Wildman–Crippen MR) is 189 cm³/mol. The zero-order valence-corrected chi connectivity index (χ0v) is 25.9. The third-order valence-corrected chi connectivity index (χ3v) is 9.95. The van der Waals surface area contributed by atoms with E-state index in [1.54, 1.807) is 0 Å². The van der Waals surface area contributed by atoms with Gasteiger partial charge in [-0.25, -0.2) is 0 Å². The van der Waals surface area contributed by atoms with Gasteiger partial charge in [-0.15, -0.1) is 0 Å². The van der Waals surface area contributed by atoms with E-state index >= 15 is 0 Å². The van der Waals surface area contributed by atoms with E-state index in [-0.39, 0.29) is 17.6 Å². The first-order valence-electron chi connectivity index (χ1n) is 16.1. The maximum Gasteiger partial charge on any atom is 0.135 e. The SMILES string of the molecule is CC1(C)c2ccc(-c3ccc(C4NC(c5ccccc5)=CC(c5ccccc5)N4)cc3)cc2-c2ccc3oc4ccccc4c3c21. The van der Waals surface area contributed by atoms with Crippen LogP contribution < -0.4 is 10.6 Å². The van der Waals surface area contributed by atoms with Crippen LogP contribution in [0.4, 0.5) is 0 Å². The zero-order valence-electron chi connectivity index (χ0n) is 25.9. The molecule has 0 amide bonds. The van der Waals surface area contributed by atoms with Crippen molar-refractivity contribution < 1.29 is 4.42 Å². The molecule has 46 heavy (non-hydrogen) atoms. The molecule has 2 unspecified atom stereocenters. The summed E-state index contributed by atoms with van der Waals surface area (Å²) in [5.41, 5.74) is 14.3. The van der Waals surface area contributed by atoms with Crippen LogP contribution in [0, 0.1) is 0 Å². The molecule has 0 spiro atoms. The van der Waals surface area contributed by atoms with Crippen LogP contribution in [0.25, 0.3) is 49.9 Å². The van der Waals surface area contributed by atoms with E-state index in [0.29, 0.717) is 0 Å². The molecule has 7 aromatic rings. The fraction of sp³-hybridized carbons (Fsp3) is 0.116. The summed E-state index contributed by atoms with van der Waals surface area (Å²) in [4.78, 5) is 0. The Morgan fingerprint density at radius 3 is 2.11 bits per heavy atom. The van der Waals surface area contributed by atoms with Crippen molar-refractivity contribution in [2.45, 2.75) is 31.5 Å². The average molecular weight is 595 g/mol. The molecule has 2 aliphatic rings. The van der Waals surface area contributed by atoms with Crippen LogP contribution in [0.3, 0.4) is 0 Å². The predicted octanol–water partition coefficient (Wildman–Crippen LogP) is 10.5. The minimum Gasteiger partial charge on any atom is -0.456 e. The van der Waals surface area contributed by atoms with Gasteiger partial charge in [0.05, 0.1) is 6.04 Å². The molecular weight excluding hydrogens is 560 g/mol. The van der Waals surface area contributed by atoms with Crippen LogP contribution in [-0.4, -0.2) is 0 Å². The lowest BCUT2D eigenvalue weighted by molar-refractivity contribution is 0.443. The van der Waals surface area contributed by atoms with Crippen LogP contribution in [0.1, 0.15) is 53.9 Å². The van der Waals surface area contributed by atoms with Crippen LogP contribution >= 0.6 is 0 Å². The van der Waals surface area contributed by atoms with E-state index in [2.05, 4.69) is 164 Å². The second-order valence-electron chi connectivity index (χ2n) is 13.0. The van der Waals surface area contributed by atoms with Crippen molar-refractivity contribution in [2.75, 3.05) is 0 Å². The number of benzene rings is 6. The molecule has 1 aromatic heterocycles. The molecule has 0 saturated heterocycles. The van der Waals surface area contributed by atoms with E-state index in [1.165, 1.54) is 60.8 Å². The fourth-order valence-electron chi connectivity index (χ4n) is 7.65. The highest BCUT2D eigenvalue weighted by Crippen LogP contribution is 2.53. The standard InChI is InChI=1S/C43H34N2O/c1-43(2)35-23-21-31(25-34(35)32-22-24-39-40(41(32)43)33-15-9-10-16-38(33)46-39)27-17-19-30(20-18-27)42-44-36(28-11-5-3-6-12-28)26-37(45-42)29-13-7-4-8-14-29/h3-26,36,42,44-45H,1-2H3. The quantitative estimate of drug-likeness (QED) is 0.213. The minimum absolute atomic E-state index is 0.0284. The maximum absolute atomic E-state index is 6.27. The lowest BCUT2D eigenvalue weighted by atomic mass is 9.80. The van der Waals surface area contributed by atoms with Gasteiger partial charge in [-0.2, -0.15) is 0 Å². The summed E-state index contributed by atoms with van der Waals surface area (Å²) < 4.78 is 6.27. The van der Waals surface area contributed by atoms with Crippen molar-refractivity contribution in [1.29, 1.82) is 0 Å². The maximum atomic E-state index is 6.27. The first kappa shape index (κ1) is 27.0. The molecule has 0 bridgehead atoms. The summed E-state index contributed by atoms with van der Waals surface area (Å²) in [6.45, 7) is 4.69. The molecule has 6 aromatic carbocycles. The molecule has 3 nitrogen and oxygen atoms in total. The van der Waals surface area contributed by atoms with Gasteiger partial charge in [-0.3, -0.25) is 5.32 Å². The number of nitrogens with one attached hydrogen (secondary N) is 2. The van der Waals surface area contributed by atoms with Gasteiger partial charge in [-0.1, -0.05) is 135 Å². The smallest absolute Gasteiger partial charge is 0.135 e. The van der Waals surface area contributed by atoms with Crippen molar-refractivity contribution in [3.05, 3.63) is 173 Å². The Bertz CT molecular complexity index is 2280. The summed E-state index contributed by atoms with van der Waals surface area (Å²) in [5, 5.41) is 10.0. The van der Waals surface area contributed by atoms with Gasteiger partial charge >= 0.3 is 0 Å². The topological polar surface area (TPSA) is 37.2 Å². The number of hydrogen-bond donors (Lipinski definition) is 2. The van der Waals surface area contributed by atoms with E-state index in [9.17, 15) is 0 Å². The summed E-state index contributed by atoms with van der Waals surface area (Å²) >= 11 is 0. The average Bonchev–Trinajstić information content (AvgIpc) is 3.60. The summed E-state index contributed by atoms with van der Waals surface area (Å²) in [6, 6.07) is 50.2. The molecule has 222 valence electrons. The first-order valence-corrected chi connectivity index (χ1v) is 16.1. The van der Waals surface area contributed by atoms with Crippen LogP contribution in [-0.2, 0) is 5.41 Å². The lowest BCUT2D eigenvalue weighted by Gasteiger charge is -2.33. The zero-order chi connectivity index (χ0) is 30.8. The Hall–Kier alpha value is -5.38. The van der Waals surface area contributed by atoms with E-state index in [0.717, 1.165) is 16.9 Å². The van der Waals surface area contributed by atoms with Gasteiger partial charge in [-0.05, 0) is 74.3 Å². The summed E-state index contributed by atoms with van der Waals surface area (Å²) in [5.74, 6) is 0. The number of fused-ring (bicyclic) bond motifs is 7. The van der Waals surface area contributed by atoms with Gasteiger partial charge < -0.3 is 9.73 Å². The van der Waals surface area contributed by atoms with Crippen LogP contribution in [0.5, 0.6) is 0 Å². The van der Waals surface area contributed by atoms with Crippen molar-refractivity contribution in [3.63, 3.8) is 0 Å². The molecule has 0 fully saturated rings. The Labute approximate surface area is 269 Å². The fourth-order valence-corrected chi connectivity index (χ4v) is 7.65.